The van der Waals surface area contributed by atoms with Crippen LogP contribution in [0.5, 0.6) is 0 Å². The zero-order valence-corrected chi connectivity index (χ0v) is 14.4. The topological polar surface area (TPSA) is 38.3 Å². The van der Waals surface area contributed by atoms with Gasteiger partial charge in [-0.15, -0.1) is 0 Å². The number of rotatable bonds is 4. The molecule has 110 valence electrons. The van der Waals surface area contributed by atoms with Gasteiger partial charge in [-0.1, -0.05) is 18.0 Å². The normalized spacial score (nSPS) is 22.4. The number of carbonyl (C=O) groups excluding carboxylic acids is 1. The number of carbonyl (C=O) groups is 1. The zero-order valence-electron chi connectivity index (χ0n) is 11.5. The first kappa shape index (κ1) is 15.9. The van der Waals surface area contributed by atoms with Crippen molar-refractivity contribution >= 4 is 45.8 Å². The summed E-state index contributed by atoms with van der Waals surface area (Å²) in [5, 5.41) is 4.27. The summed E-state index contributed by atoms with van der Waals surface area (Å²) >= 11 is 8.24. The number of nitrogens with one attached hydrogen (secondary N) is 1. The average molecular weight is 408 g/mol. The lowest BCUT2D eigenvalue weighted by Gasteiger charge is -2.29. The summed E-state index contributed by atoms with van der Waals surface area (Å²) in [6, 6.07) is 6.15. The van der Waals surface area contributed by atoms with Gasteiger partial charge in [0.2, 0.25) is 0 Å². The van der Waals surface area contributed by atoms with Crippen molar-refractivity contribution in [1.82, 2.24) is 0 Å². The number of esters is 1. The number of benzene rings is 1. The Morgan fingerprint density at radius 2 is 2.30 bits per heavy atom. The molecule has 2 unspecified atom stereocenters. The van der Waals surface area contributed by atoms with E-state index in [-0.39, 0.29) is 11.9 Å². The van der Waals surface area contributed by atoms with Gasteiger partial charge in [0.05, 0.1) is 12.5 Å². The minimum Gasteiger partial charge on any atom is -0.466 e. The molecule has 1 aromatic carbocycles. The van der Waals surface area contributed by atoms with Gasteiger partial charge in [0.1, 0.15) is 0 Å². The van der Waals surface area contributed by atoms with Gasteiger partial charge in [-0.3, -0.25) is 4.79 Å². The highest BCUT2D eigenvalue weighted by Gasteiger charge is 2.28. The van der Waals surface area contributed by atoms with Crippen LogP contribution in [0.1, 0.15) is 32.6 Å². The van der Waals surface area contributed by atoms with E-state index in [0.29, 0.717) is 12.6 Å². The van der Waals surface area contributed by atoms with E-state index < -0.39 is 0 Å². The van der Waals surface area contributed by atoms with Crippen molar-refractivity contribution in [2.24, 2.45) is 5.92 Å². The quantitative estimate of drug-likeness (QED) is 0.591. The third-order valence-corrected chi connectivity index (χ3v) is 4.71. The molecule has 1 fully saturated rings. The van der Waals surface area contributed by atoms with Crippen molar-refractivity contribution < 1.29 is 9.53 Å². The van der Waals surface area contributed by atoms with Crippen LogP contribution in [0.15, 0.2) is 18.2 Å². The summed E-state index contributed by atoms with van der Waals surface area (Å²) in [7, 11) is 0. The summed E-state index contributed by atoms with van der Waals surface area (Å²) in [5.74, 6) is -0.0176. The van der Waals surface area contributed by atoms with Crippen LogP contribution in [-0.4, -0.2) is 18.6 Å². The molecule has 20 heavy (non-hydrogen) atoms. The predicted octanol–water partition coefficient (Wildman–Crippen LogP) is 4.48. The van der Waals surface area contributed by atoms with Gasteiger partial charge >= 0.3 is 5.97 Å². The Bertz CT molecular complexity index is 481. The maximum Gasteiger partial charge on any atom is 0.308 e. The third-order valence-electron chi connectivity index (χ3n) is 3.58. The van der Waals surface area contributed by atoms with Gasteiger partial charge in [-0.2, -0.15) is 0 Å². The average Bonchev–Trinajstić information content (AvgIpc) is 2.43. The van der Waals surface area contributed by atoms with Crippen molar-refractivity contribution in [1.29, 1.82) is 0 Å². The van der Waals surface area contributed by atoms with Gasteiger partial charge in [0, 0.05) is 20.3 Å². The molecule has 1 N–H and O–H groups in total. The molecule has 0 aromatic heterocycles. The van der Waals surface area contributed by atoms with Crippen LogP contribution in [0.4, 0.5) is 5.69 Å². The largest absolute Gasteiger partial charge is 0.466 e. The van der Waals surface area contributed by atoms with Gasteiger partial charge in [0.15, 0.2) is 0 Å². The van der Waals surface area contributed by atoms with Gasteiger partial charge in [-0.05, 0) is 67.0 Å². The summed E-state index contributed by atoms with van der Waals surface area (Å²) in [6.45, 7) is 2.31. The van der Waals surface area contributed by atoms with Crippen LogP contribution in [0.25, 0.3) is 0 Å². The summed E-state index contributed by atoms with van der Waals surface area (Å²) < 4.78 is 6.24. The molecule has 1 aromatic rings. The van der Waals surface area contributed by atoms with Crippen LogP contribution in [0.3, 0.4) is 0 Å². The molecule has 1 aliphatic rings. The highest BCUT2D eigenvalue weighted by Crippen LogP contribution is 2.30. The first-order valence-corrected chi connectivity index (χ1v) is 8.44. The monoisotopic (exact) mass is 407 g/mol. The van der Waals surface area contributed by atoms with Gasteiger partial charge in [-0.25, -0.2) is 0 Å². The van der Waals surface area contributed by atoms with Crippen LogP contribution in [-0.2, 0) is 9.53 Å². The lowest BCUT2D eigenvalue weighted by molar-refractivity contribution is -0.149. The van der Waals surface area contributed by atoms with E-state index in [1.165, 1.54) is 0 Å². The number of halogens is 2. The van der Waals surface area contributed by atoms with Crippen molar-refractivity contribution in [3.8, 4) is 0 Å². The van der Waals surface area contributed by atoms with Gasteiger partial charge < -0.3 is 10.1 Å². The van der Waals surface area contributed by atoms with E-state index in [0.717, 1.165) is 40.0 Å². The molecule has 3 nitrogen and oxygen atoms in total. The lowest BCUT2D eigenvalue weighted by Crippen LogP contribution is -2.32. The van der Waals surface area contributed by atoms with E-state index in [2.05, 4.69) is 27.9 Å². The maximum atomic E-state index is 11.8. The molecular formula is C15H19ClINO2. The Morgan fingerprint density at radius 3 is 3.00 bits per heavy atom. The van der Waals surface area contributed by atoms with E-state index in [1.807, 2.05) is 25.1 Å². The molecule has 0 amide bonds. The fourth-order valence-electron chi connectivity index (χ4n) is 2.62. The predicted molar refractivity (Wildman–Crippen MR) is 90.2 cm³/mol. The van der Waals surface area contributed by atoms with Gasteiger partial charge in [0.25, 0.3) is 0 Å². The number of hydrogen-bond donors (Lipinski definition) is 1. The molecule has 1 saturated carbocycles. The molecule has 2 atom stereocenters. The molecule has 0 spiro atoms. The second-order valence-corrected chi connectivity index (χ2v) is 6.68. The van der Waals surface area contributed by atoms with Crippen molar-refractivity contribution in [3.05, 3.63) is 26.8 Å². The number of ether oxygens (including phenoxy) is 1. The number of anilines is 1. The fraction of sp³-hybridized carbons (Fsp3) is 0.533. The molecular weight excluding hydrogens is 389 g/mol. The molecule has 0 aliphatic heterocycles. The summed E-state index contributed by atoms with van der Waals surface area (Å²) in [6.07, 6.45) is 3.94. The molecule has 1 aliphatic carbocycles. The Morgan fingerprint density at radius 1 is 1.50 bits per heavy atom. The second-order valence-electron chi connectivity index (χ2n) is 5.08. The molecule has 0 saturated heterocycles. The van der Waals surface area contributed by atoms with Crippen molar-refractivity contribution in [2.45, 2.75) is 38.6 Å². The lowest BCUT2D eigenvalue weighted by atomic mass is 9.85. The second kappa shape index (κ2) is 7.50. The highest BCUT2D eigenvalue weighted by molar-refractivity contribution is 14.1. The Balaban J connectivity index is 1.97. The standard InChI is InChI=1S/C15H19ClINO2/c1-2-20-15(19)10-4-3-5-12(8-10)18-14-7-6-11(16)9-13(14)17/h6-7,9-10,12,18H,2-5,8H2,1H3. The molecule has 5 heteroatoms. The Hall–Kier alpha value is -0.490. The zero-order chi connectivity index (χ0) is 14.5. The first-order valence-electron chi connectivity index (χ1n) is 6.98. The van der Waals surface area contributed by atoms with E-state index in [1.54, 1.807) is 0 Å². The molecule has 0 radical (unpaired) electrons. The maximum absolute atomic E-state index is 11.8. The van der Waals surface area contributed by atoms with E-state index in [4.69, 9.17) is 16.3 Å². The minimum absolute atomic E-state index is 0.0335. The SMILES string of the molecule is CCOC(=O)C1CCCC(Nc2ccc(Cl)cc2I)C1. The first-order chi connectivity index (χ1) is 9.60. The van der Waals surface area contributed by atoms with Crippen molar-refractivity contribution in [2.75, 3.05) is 11.9 Å². The minimum atomic E-state index is -0.0511. The van der Waals surface area contributed by atoms with Crippen LogP contribution in [0, 0.1) is 9.49 Å². The highest BCUT2D eigenvalue weighted by atomic mass is 127. The fourth-order valence-corrected chi connectivity index (χ4v) is 3.65. The van der Waals surface area contributed by atoms with Crippen LogP contribution >= 0.6 is 34.2 Å². The van der Waals surface area contributed by atoms with E-state index >= 15 is 0 Å². The smallest absolute Gasteiger partial charge is 0.308 e. The third kappa shape index (κ3) is 4.25. The Kier molecular flexibility index (Phi) is 5.96. The molecule has 0 bridgehead atoms. The Labute approximate surface area is 138 Å². The summed E-state index contributed by atoms with van der Waals surface area (Å²) in [5.41, 5.74) is 1.09. The van der Waals surface area contributed by atoms with Crippen LogP contribution < -0.4 is 5.32 Å². The van der Waals surface area contributed by atoms with E-state index in [9.17, 15) is 4.79 Å². The molecule has 0 heterocycles. The summed E-state index contributed by atoms with van der Waals surface area (Å²) in [4.78, 5) is 11.8. The van der Waals surface area contributed by atoms with Crippen molar-refractivity contribution in [3.63, 3.8) is 0 Å². The van der Waals surface area contributed by atoms with Crippen LogP contribution in [0.2, 0.25) is 5.02 Å². The molecule has 2 rings (SSSR count). The number of hydrogen-bond acceptors (Lipinski definition) is 3.